The predicted molar refractivity (Wildman–Crippen MR) is 88.6 cm³/mol. The fourth-order valence-electron chi connectivity index (χ4n) is 2.58. The molecule has 0 radical (unpaired) electrons. The third kappa shape index (κ3) is 4.89. The van der Waals surface area contributed by atoms with Crippen molar-refractivity contribution in [3.63, 3.8) is 0 Å². The minimum absolute atomic E-state index is 0. The van der Waals surface area contributed by atoms with Crippen molar-refractivity contribution in [1.82, 2.24) is 5.32 Å². The summed E-state index contributed by atoms with van der Waals surface area (Å²) in [6.45, 7) is 1.93. The van der Waals surface area contributed by atoms with Crippen molar-refractivity contribution in [2.24, 2.45) is 11.1 Å². The van der Waals surface area contributed by atoms with Crippen molar-refractivity contribution in [2.45, 2.75) is 19.3 Å². The molecule has 0 bridgehead atoms. The Kier molecular flexibility index (Phi) is 7.41. The number of non-ortho nitro benzene ring substituents is 1. The van der Waals surface area contributed by atoms with E-state index in [0.29, 0.717) is 45.6 Å². The summed E-state index contributed by atoms with van der Waals surface area (Å²) < 4.78 is 5.29. The number of nitro benzene ring substituents is 1. The van der Waals surface area contributed by atoms with Gasteiger partial charge in [-0.2, -0.15) is 0 Å². The maximum absolute atomic E-state index is 12.3. The van der Waals surface area contributed by atoms with Gasteiger partial charge in [0, 0.05) is 38.4 Å². The molecule has 0 atom stereocenters. The van der Waals surface area contributed by atoms with E-state index in [1.54, 1.807) is 12.1 Å². The molecule has 1 aliphatic heterocycles. The van der Waals surface area contributed by atoms with Crippen molar-refractivity contribution in [3.05, 3.63) is 39.9 Å². The second-order valence-corrected chi connectivity index (χ2v) is 5.53. The zero-order valence-corrected chi connectivity index (χ0v) is 13.6. The van der Waals surface area contributed by atoms with Gasteiger partial charge in [0.15, 0.2) is 0 Å². The molecule has 3 N–H and O–H groups in total. The molecule has 23 heavy (non-hydrogen) atoms. The Bertz CT molecular complexity index is 530. The first-order chi connectivity index (χ1) is 10.6. The van der Waals surface area contributed by atoms with E-state index in [-0.39, 0.29) is 24.0 Å². The average molecular weight is 344 g/mol. The van der Waals surface area contributed by atoms with Crippen molar-refractivity contribution >= 4 is 24.0 Å². The fraction of sp³-hybridized carbons (Fsp3) is 0.533. The molecule has 0 aromatic heterocycles. The third-order valence-electron chi connectivity index (χ3n) is 4.17. The number of amides is 1. The number of rotatable bonds is 6. The molecular formula is C15H22ClN3O4. The largest absolute Gasteiger partial charge is 0.381 e. The number of nitrogens with zero attached hydrogens (tertiary/aromatic N) is 1. The molecule has 7 nitrogen and oxygen atoms in total. The van der Waals surface area contributed by atoms with Crippen molar-refractivity contribution in [1.29, 1.82) is 0 Å². The first-order valence-electron chi connectivity index (χ1n) is 7.37. The Morgan fingerprint density at radius 3 is 2.43 bits per heavy atom. The number of carbonyl (C=O) groups excluding carboxylic acids is 1. The number of nitrogens with two attached hydrogens (primary N) is 1. The van der Waals surface area contributed by atoms with Crippen molar-refractivity contribution < 1.29 is 14.5 Å². The van der Waals surface area contributed by atoms with Crippen LogP contribution in [0.2, 0.25) is 0 Å². The van der Waals surface area contributed by atoms with Crippen LogP contribution in [0.25, 0.3) is 0 Å². The molecule has 1 heterocycles. The summed E-state index contributed by atoms with van der Waals surface area (Å²) in [6.07, 6.45) is 1.92. The molecule has 8 heteroatoms. The van der Waals surface area contributed by atoms with Gasteiger partial charge in [0.1, 0.15) is 0 Å². The summed E-state index contributed by atoms with van der Waals surface area (Å²) in [5, 5.41) is 13.5. The first kappa shape index (κ1) is 19.3. The molecule has 1 fully saturated rings. The smallest absolute Gasteiger partial charge is 0.269 e. The van der Waals surface area contributed by atoms with Crippen LogP contribution in [0.15, 0.2) is 24.3 Å². The topological polar surface area (TPSA) is 107 Å². The van der Waals surface area contributed by atoms with E-state index in [0.717, 1.165) is 5.56 Å². The van der Waals surface area contributed by atoms with Crippen LogP contribution in [-0.2, 0) is 16.0 Å². The molecule has 1 aromatic rings. The Balaban J connectivity index is 0.00000264. The number of hydrogen-bond acceptors (Lipinski definition) is 5. The summed E-state index contributed by atoms with van der Waals surface area (Å²) in [6, 6.07) is 6.35. The van der Waals surface area contributed by atoms with Gasteiger partial charge in [-0.15, -0.1) is 12.4 Å². The van der Waals surface area contributed by atoms with Crippen LogP contribution in [0.3, 0.4) is 0 Å². The highest BCUT2D eigenvalue weighted by atomic mass is 35.5. The molecule has 128 valence electrons. The highest BCUT2D eigenvalue weighted by molar-refractivity contribution is 5.85. The predicted octanol–water partition coefficient (Wildman–Crippen LogP) is 1.43. The lowest BCUT2D eigenvalue weighted by Gasteiger charge is -2.34. The van der Waals surface area contributed by atoms with Gasteiger partial charge in [-0.05, 0) is 24.8 Å². The van der Waals surface area contributed by atoms with Crippen LogP contribution in [0.4, 0.5) is 5.69 Å². The van der Waals surface area contributed by atoms with Gasteiger partial charge in [-0.1, -0.05) is 12.1 Å². The Morgan fingerprint density at radius 2 is 1.91 bits per heavy atom. The van der Waals surface area contributed by atoms with E-state index in [1.807, 2.05) is 0 Å². The molecule has 0 spiro atoms. The number of carbonyl (C=O) groups is 1. The monoisotopic (exact) mass is 343 g/mol. The summed E-state index contributed by atoms with van der Waals surface area (Å²) in [5.74, 6) is -0.0276. The second-order valence-electron chi connectivity index (χ2n) is 5.53. The summed E-state index contributed by atoms with van der Waals surface area (Å²) in [5.41, 5.74) is 6.28. The van der Waals surface area contributed by atoms with Gasteiger partial charge in [-0.3, -0.25) is 14.9 Å². The van der Waals surface area contributed by atoms with Gasteiger partial charge in [-0.25, -0.2) is 0 Å². The maximum Gasteiger partial charge on any atom is 0.269 e. The Morgan fingerprint density at radius 1 is 1.30 bits per heavy atom. The minimum atomic E-state index is -0.520. The van der Waals surface area contributed by atoms with Crippen molar-refractivity contribution in [2.75, 3.05) is 26.3 Å². The minimum Gasteiger partial charge on any atom is -0.381 e. The van der Waals surface area contributed by atoms with Gasteiger partial charge in [0.2, 0.25) is 5.91 Å². The molecule has 1 aliphatic rings. The normalized spacial score (nSPS) is 16.2. The lowest BCUT2D eigenvalue weighted by molar-refractivity contribution is -0.384. The quantitative estimate of drug-likeness (QED) is 0.600. The number of nitro groups is 1. The standard InChI is InChI=1S/C15H21N3O4.ClH/c16-11-15(6-9-22-10-7-15)14(19)17-8-5-12-1-3-13(4-2-12)18(20)21;/h1-4H,5-11,16H2,(H,17,19);1H. The molecule has 2 rings (SSSR count). The van der Waals surface area contributed by atoms with Crippen LogP contribution in [0.1, 0.15) is 18.4 Å². The summed E-state index contributed by atoms with van der Waals surface area (Å²) in [4.78, 5) is 22.5. The zero-order chi connectivity index (χ0) is 16.0. The van der Waals surface area contributed by atoms with Crippen LogP contribution < -0.4 is 11.1 Å². The molecule has 0 unspecified atom stereocenters. The number of hydrogen-bond donors (Lipinski definition) is 2. The van der Waals surface area contributed by atoms with Gasteiger partial charge < -0.3 is 15.8 Å². The number of halogens is 1. The number of ether oxygens (including phenoxy) is 1. The van der Waals surface area contributed by atoms with Crippen molar-refractivity contribution in [3.8, 4) is 0 Å². The van der Waals surface area contributed by atoms with E-state index in [2.05, 4.69) is 5.32 Å². The molecule has 0 saturated carbocycles. The number of benzene rings is 1. The maximum atomic E-state index is 12.3. The van der Waals surface area contributed by atoms with E-state index in [9.17, 15) is 14.9 Å². The Labute approximate surface area is 141 Å². The molecule has 1 saturated heterocycles. The van der Waals surface area contributed by atoms with E-state index in [4.69, 9.17) is 10.5 Å². The van der Waals surface area contributed by atoms with Crippen LogP contribution >= 0.6 is 12.4 Å². The SMILES string of the molecule is Cl.NCC1(C(=O)NCCc2ccc([N+](=O)[O-])cc2)CCOCC1. The van der Waals surface area contributed by atoms with Crippen LogP contribution in [0.5, 0.6) is 0 Å². The second kappa shape index (κ2) is 8.81. The summed E-state index contributed by atoms with van der Waals surface area (Å²) in [7, 11) is 0. The van der Waals surface area contributed by atoms with Crippen LogP contribution in [-0.4, -0.2) is 37.1 Å². The Hall–Kier alpha value is -1.70. The van der Waals surface area contributed by atoms with Gasteiger partial charge in [0.05, 0.1) is 10.3 Å². The number of nitrogens with one attached hydrogen (secondary N) is 1. The van der Waals surface area contributed by atoms with Gasteiger partial charge in [0.25, 0.3) is 5.69 Å². The average Bonchev–Trinajstić information content (AvgIpc) is 2.55. The molecule has 0 aliphatic carbocycles. The molecule has 1 aromatic carbocycles. The van der Waals surface area contributed by atoms with E-state index < -0.39 is 10.3 Å². The van der Waals surface area contributed by atoms with E-state index in [1.165, 1.54) is 12.1 Å². The zero-order valence-electron chi connectivity index (χ0n) is 12.8. The molecular weight excluding hydrogens is 322 g/mol. The van der Waals surface area contributed by atoms with E-state index >= 15 is 0 Å². The summed E-state index contributed by atoms with van der Waals surface area (Å²) >= 11 is 0. The lowest BCUT2D eigenvalue weighted by Crippen LogP contribution is -2.49. The highest BCUT2D eigenvalue weighted by Gasteiger charge is 2.38. The third-order valence-corrected chi connectivity index (χ3v) is 4.17. The highest BCUT2D eigenvalue weighted by Crippen LogP contribution is 2.29. The van der Waals surface area contributed by atoms with Gasteiger partial charge >= 0.3 is 0 Å². The molecule has 1 amide bonds. The van der Waals surface area contributed by atoms with Crippen LogP contribution in [0, 0.1) is 15.5 Å². The lowest BCUT2D eigenvalue weighted by atomic mass is 9.79. The first-order valence-corrected chi connectivity index (χ1v) is 7.37. The fourth-order valence-corrected chi connectivity index (χ4v) is 2.58.